The number of fused-ring (bicyclic) bond motifs is 1. The first-order valence-electron chi connectivity index (χ1n) is 9.41. The van der Waals surface area contributed by atoms with Crippen molar-refractivity contribution in [2.45, 2.75) is 13.0 Å². The highest BCUT2D eigenvalue weighted by atomic mass is 16.5. The first kappa shape index (κ1) is 20.4. The minimum Gasteiger partial charge on any atom is -0.481 e. The van der Waals surface area contributed by atoms with Gasteiger partial charge in [-0.15, -0.1) is 0 Å². The number of para-hydroxylation sites is 1. The number of carbonyl (C=O) groups is 2. The number of rotatable bonds is 8. The van der Waals surface area contributed by atoms with Gasteiger partial charge in [0.1, 0.15) is 5.75 Å². The van der Waals surface area contributed by atoms with E-state index in [9.17, 15) is 9.59 Å². The van der Waals surface area contributed by atoms with Gasteiger partial charge in [0.15, 0.2) is 6.10 Å². The smallest absolute Gasteiger partial charge is 0.265 e. The number of carbonyl (C=O) groups excluding carboxylic acids is 2. The lowest BCUT2D eigenvalue weighted by atomic mass is 10.1. The summed E-state index contributed by atoms with van der Waals surface area (Å²) in [5.74, 6) is -0.00621. The van der Waals surface area contributed by atoms with E-state index in [1.165, 1.54) is 0 Å². The maximum Gasteiger partial charge on any atom is 0.265 e. The maximum absolute atomic E-state index is 12.6. The van der Waals surface area contributed by atoms with E-state index in [-0.39, 0.29) is 11.8 Å². The zero-order valence-corrected chi connectivity index (χ0v) is 16.5. The summed E-state index contributed by atoms with van der Waals surface area (Å²) in [5.41, 5.74) is 0.816. The van der Waals surface area contributed by atoms with Crippen molar-refractivity contribution in [2.75, 3.05) is 25.6 Å². The summed E-state index contributed by atoms with van der Waals surface area (Å²) in [6.45, 7) is 2.47. The molecule has 2 N–H and O–H groups in total. The van der Waals surface area contributed by atoms with E-state index in [0.717, 1.165) is 10.8 Å². The number of anilines is 1. The highest BCUT2D eigenvalue weighted by Gasteiger charge is 2.18. The average Bonchev–Trinajstić information content (AvgIpc) is 2.74. The van der Waals surface area contributed by atoms with Gasteiger partial charge in [-0.05, 0) is 42.0 Å². The second-order valence-electron chi connectivity index (χ2n) is 6.55. The zero-order chi connectivity index (χ0) is 20.6. The van der Waals surface area contributed by atoms with Gasteiger partial charge in [-0.25, -0.2) is 0 Å². The number of hydrogen-bond acceptors (Lipinski definition) is 4. The molecule has 3 aromatic rings. The number of ether oxygens (including phenoxy) is 2. The Hall–Kier alpha value is -3.38. The SMILES string of the molecule is COCCNC(=O)c1ccccc1NC(=O)C(C)Oc1ccc2ccccc2c1. The molecule has 0 aliphatic heterocycles. The number of nitrogens with one attached hydrogen (secondary N) is 2. The van der Waals surface area contributed by atoms with Crippen molar-refractivity contribution in [1.82, 2.24) is 5.32 Å². The van der Waals surface area contributed by atoms with Crippen molar-refractivity contribution in [3.05, 3.63) is 72.3 Å². The summed E-state index contributed by atoms with van der Waals surface area (Å²) in [6.07, 6.45) is -0.735. The van der Waals surface area contributed by atoms with Gasteiger partial charge in [0.2, 0.25) is 0 Å². The van der Waals surface area contributed by atoms with E-state index in [1.54, 1.807) is 38.3 Å². The van der Waals surface area contributed by atoms with Crippen molar-refractivity contribution in [3.8, 4) is 5.75 Å². The summed E-state index contributed by atoms with van der Waals surface area (Å²) in [6, 6.07) is 20.5. The minimum atomic E-state index is -0.735. The monoisotopic (exact) mass is 392 g/mol. The predicted molar refractivity (Wildman–Crippen MR) is 113 cm³/mol. The molecule has 1 unspecified atom stereocenters. The van der Waals surface area contributed by atoms with Crippen LogP contribution in [0.4, 0.5) is 5.69 Å². The van der Waals surface area contributed by atoms with Crippen LogP contribution in [0.1, 0.15) is 17.3 Å². The van der Waals surface area contributed by atoms with Crippen LogP contribution < -0.4 is 15.4 Å². The van der Waals surface area contributed by atoms with E-state index >= 15 is 0 Å². The molecule has 0 saturated heterocycles. The molecule has 0 radical (unpaired) electrons. The Labute approximate surface area is 169 Å². The molecule has 150 valence electrons. The molecule has 1 atom stereocenters. The molecule has 0 fully saturated rings. The second kappa shape index (κ2) is 9.71. The second-order valence-corrected chi connectivity index (χ2v) is 6.55. The topological polar surface area (TPSA) is 76.7 Å². The lowest BCUT2D eigenvalue weighted by Gasteiger charge is -2.17. The fraction of sp³-hybridized carbons (Fsp3) is 0.217. The summed E-state index contributed by atoms with van der Waals surface area (Å²) < 4.78 is 10.7. The highest BCUT2D eigenvalue weighted by Crippen LogP contribution is 2.22. The third kappa shape index (κ3) is 5.33. The number of methoxy groups -OCH3 is 1. The average molecular weight is 392 g/mol. The van der Waals surface area contributed by atoms with E-state index in [2.05, 4.69) is 10.6 Å². The molecule has 0 spiro atoms. The third-order valence-electron chi connectivity index (χ3n) is 4.42. The van der Waals surface area contributed by atoms with Gasteiger partial charge in [0, 0.05) is 13.7 Å². The van der Waals surface area contributed by atoms with Crippen molar-refractivity contribution in [2.24, 2.45) is 0 Å². The van der Waals surface area contributed by atoms with Crippen LogP contribution >= 0.6 is 0 Å². The minimum absolute atomic E-state index is 0.277. The maximum atomic E-state index is 12.6. The highest BCUT2D eigenvalue weighted by molar-refractivity contribution is 6.04. The van der Waals surface area contributed by atoms with Crippen LogP contribution in [0.5, 0.6) is 5.75 Å². The number of benzene rings is 3. The van der Waals surface area contributed by atoms with Crippen LogP contribution in [0.15, 0.2) is 66.7 Å². The molecule has 0 heterocycles. The van der Waals surface area contributed by atoms with Crippen LogP contribution in [-0.4, -0.2) is 38.2 Å². The van der Waals surface area contributed by atoms with Crippen LogP contribution in [-0.2, 0) is 9.53 Å². The standard InChI is InChI=1S/C23H24N2O4/c1-16(29-19-12-11-17-7-3-4-8-18(17)15-19)22(26)25-21-10-6-5-9-20(21)23(27)24-13-14-28-2/h3-12,15-16H,13-14H2,1-2H3,(H,24,27)(H,25,26). The van der Waals surface area contributed by atoms with Crippen molar-refractivity contribution in [1.29, 1.82) is 0 Å². The van der Waals surface area contributed by atoms with Gasteiger partial charge in [-0.2, -0.15) is 0 Å². The van der Waals surface area contributed by atoms with E-state index < -0.39 is 6.10 Å². The molecule has 29 heavy (non-hydrogen) atoms. The summed E-state index contributed by atoms with van der Waals surface area (Å²) in [5, 5.41) is 7.68. The number of amides is 2. The molecule has 3 aromatic carbocycles. The molecule has 0 aromatic heterocycles. The predicted octanol–water partition coefficient (Wildman–Crippen LogP) is 3.62. The Balaban J connectivity index is 1.66. The van der Waals surface area contributed by atoms with Gasteiger partial charge < -0.3 is 20.1 Å². The van der Waals surface area contributed by atoms with Crippen LogP contribution in [0.3, 0.4) is 0 Å². The Morgan fingerprint density at radius 2 is 1.69 bits per heavy atom. The quantitative estimate of drug-likeness (QED) is 0.574. The molecule has 0 aliphatic carbocycles. The van der Waals surface area contributed by atoms with Gasteiger partial charge >= 0.3 is 0 Å². The summed E-state index contributed by atoms with van der Waals surface area (Å²) in [4.78, 5) is 25.0. The van der Waals surface area contributed by atoms with E-state index in [1.807, 2.05) is 42.5 Å². The molecule has 0 saturated carbocycles. The molecule has 6 heteroatoms. The summed E-state index contributed by atoms with van der Waals surface area (Å²) in [7, 11) is 1.57. The van der Waals surface area contributed by atoms with Gasteiger partial charge in [-0.1, -0.05) is 42.5 Å². The Bertz CT molecular complexity index is 1000. The molecule has 3 rings (SSSR count). The fourth-order valence-electron chi connectivity index (χ4n) is 2.88. The van der Waals surface area contributed by atoms with Crippen molar-refractivity contribution < 1.29 is 19.1 Å². The Morgan fingerprint density at radius 1 is 0.966 bits per heavy atom. The lowest BCUT2D eigenvalue weighted by molar-refractivity contribution is -0.122. The lowest BCUT2D eigenvalue weighted by Crippen LogP contribution is -2.32. The van der Waals surface area contributed by atoms with Gasteiger partial charge in [0.25, 0.3) is 11.8 Å². The molecular weight excluding hydrogens is 368 g/mol. The molecule has 6 nitrogen and oxygen atoms in total. The zero-order valence-electron chi connectivity index (χ0n) is 16.5. The molecular formula is C23H24N2O4. The fourth-order valence-corrected chi connectivity index (χ4v) is 2.88. The van der Waals surface area contributed by atoms with E-state index in [4.69, 9.17) is 9.47 Å². The molecule has 0 bridgehead atoms. The van der Waals surface area contributed by atoms with E-state index in [0.29, 0.717) is 30.2 Å². The van der Waals surface area contributed by atoms with Crippen LogP contribution in [0.25, 0.3) is 10.8 Å². The Morgan fingerprint density at radius 3 is 2.48 bits per heavy atom. The molecule has 2 amide bonds. The van der Waals surface area contributed by atoms with Crippen molar-refractivity contribution >= 4 is 28.3 Å². The first-order chi connectivity index (χ1) is 14.1. The van der Waals surface area contributed by atoms with Crippen LogP contribution in [0.2, 0.25) is 0 Å². The first-order valence-corrected chi connectivity index (χ1v) is 9.41. The Kier molecular flexibility index (Phi) is 6.81. The normalized spacial score (nSPS) is 11.7. The van der Waals surface area contributed by atoms with Gasteiger partial charge in [-0.3, -0.25) is 9.59 Å². The van der Waals surface area contributed by atoms with Crippen molar-refractivity contribution in [3.63, 3.8) is 0 Å². The van der Waals surface area contributed by atoms with Gasteiger partial charge in [0.05, 0.1) is 17.9 Å². The number of hydrogen-bond donors (Lipinski definition) is 2. The molecule has 0 aliphatic rings. The summed E-state index contributed by atoms with van der Waals surface area (Å²) >= 11 is 0. The third-order valence-corrected chi connectivity index (χ3v) is 4.42. The largest absolute Gasteiger partial charge is 0.481 e. The van der Waals surface area contributed by atoms with Crippen LogP contribution in [0, 0.1) is 0 Å².